The Morgan fingerprint density at radius 2 is 2.06 bits per heavy atom. The average Bonchev–Trinajstić information content (AvgIpc) is 2.86. The van der Waals surface area contributed by atoms with Crippen molar-refractivity contribution in [1.29, 1.82) is 5.26 Å². The minimum Gasteiger partial charge on any atom is -0.335 e. The summed E-state index contributed by atoms with van der Waals surface area (Å²) in [5, 5.41) is 8.78. The number of benzene rings is 1. The molecular weight excluding hydrogens is 246 g/mol. The predicted molar refractivity (Wildman–Crippen MR) is 71.7 cm³/mol. The standard InChI is InChI=1S/C14H13N3.ClH/c15-10-11-1-3-12(4-2-11)13-5-7-17-8-6-16-14(17)9-13;/h1-4,6,8,13H,5,7,9H2;1H. The number of fused-ring (bicyclic) bond motifs is 1. The average molecular weight is 260 g/mol. The molecule has 1 aliphatic rings. The first kappa shape index (κ1) is 12.7. The summed E-state index contributed by atoms with van der Waals surface area (Å²) in [6.07, 6.45) is 6.06. The van der Waals surface area contributed by atoms with Gasteiger partial charge in [0.1, 0.15) is 5.82 Å². The van der Waals surface area contributed by atoms with Crippen LogP contribution in [-0.4, -0.2) is 9.55 Å². The van der Waals surface area contributed by atoms with Gasteiger partial charge in [0, 0.05) is 25.4 Å². The number of rotatable bonds is 1. The molecule has 0 fully saturated rings. The van der Waals surface area contributed by atoms with Crippen LogP contribution in [0.4, 0.5) is 0 Å². The molecule has 0 N–H and O–H groups in total. The summed E-state index contributed by atoms with van der Waals surface area (Å²) in [4.78, 5) is 4.38. The monoisotopic (exact) mass is 259 g/mol. The maximum atomic E-state index is 8.78. The quantitative estimate of drug-likeness (QED) is 0.790. The maximum Gasteiger partial charge on any atom is 0.109 e. The number of halogens is 1. The summed E-state index contributed by atoms with van der Waals surface area (Å²) in [7, 11) is 0. The Morgan fingerprint density at radius 1 is 1.28 bits per heavy atom. The topological polar surface area (TPSA) is 41.6 Å². The summed E-state index contributed by atoms with van der Waals surface area (Å²) in [5.41, 5.74) is 2.05. The molecule has 0 aliphatic carbocycles. The second-order valence-electron chi connectivity index (χ2n) is 4.46. The molecule has 2 aromatic rings. The Kier molecular flexibility index (Phi) is 3.69. The second kappa shape index (κ2) is 5.24. The second-order valence-corrected chi connectivity index (χ2v) is 4.46. The van der Waals surface area contributed by atoms with E-state index in [0.29, 0.717) is 5.92 Å². The number of nitrogens with zero attached hydrogens (tertiary/aromatic N) is 3. The van der Waals surface area contributed by atoms with Gasteiger partial charge in [0.15, 0.2) is 0 Å². The Morgan fingerprint density at radius 3 is 2.78 bits per heavy atom. The van der Waals surface area contributed by atoms with Crippen LogP contribution in [0.15, 0.2) is 36.7 Å². The van der Waals surface area contributed by atoms with Crippen molar-refractivity contribution in [3.8, 4) is 6.07 Å². The Hall–Kier alpha value is -1.79. The number of aromatic nitrogens is 2. The third-order valence-corrected chi connectivity index (χ3v) is 3.46. The molecule has 1 aromatic carbocycles. The van der Waals surface area contributed by atoms with E-state index < -0.39 is 0 Å². The Bertz CT molecular complexity index is 565. The van der Waals surface area contributed by atoms with Gasteiger partial charge in [-0.1, -0.05) is 12.1 Å². The van der Waals surface area contributed by atoms with Gasteiger partial charge in [-0.05, 0) is 30.0 Å². The first-order chi connectivity index (χ1) is 8.36. The van der Waals surface area contributed by atoms with Crippen molar-refractivity contribution in [1.82, 2.24) is 9.55 Å². The molecule has 0 radical (unpaired) electrons. The normalized spacial score (nSPS) is 17.4. The Balaban J connectivity index is 0.00000120. The van der Waals surface area contributed by atoms with Crippen molar-refractivity contribution >= 4 is 12.4 Å². The first-order valence-electron chi connectivity index (χ1n) is 5.87. The van der Waals surface area contributed by atoms with Gasteiger partial charge < -0.3 is 4.57 Å². The highest BCUT2D eigenvalue weighted by atomic mass is 35.5. The van der Waals surface area contributed by atoms with Gasteiger partial charge in [-0.15, -0.1) is 12.4 Å². The van der Waals surface area contributed by atoms with Crippen molar-refractivity contribution in [3.63, 3.8) is 0 Å². The molecule has 1 atom stereocenters. The van der Waals surface area contributed by atoms with Gasteiger partial charge in [0.2, 0.25) is 0 Å². The molecule has 1 aliphatic heterocycles. The molecule has 92 valence electrons. The minimum absolute atomic E-state index is 0. The molecule has 18 heavy (non-hydrogen) atoms. The third kappa shape index (κ3) is 2.25. The van der Waals surface area contributed by atoms with Crippen LogP contribution in [0.1, 0.15) is 29.3 Å². The molecule has 4 heteroatoms. The van der Waals surface area contributed by atoms with E-state index in [1.165, 1.54) is 11.4 Å². The Labute approximate surface area is 112 Å². The zero-order valence-corrected chi connectivity index (χ0v) is 10.7. The van der Waals surface area contributed by atoms with E-state index in [2.05, 4.69) is 27.8 Å². The zero-order chi connectivity index (χ0) is 11.7. The highest BCUT2D eigenvalue weighted by Crippen LogP contribution is 2.28. The highest BCUT2D eigenvalue weighted by Gasteiger charge is 2.20. The fourth-order valence-corrected chi connectivity index (χ4v) is 2.47. The smallest absolute Gasteiger partial charge is 0.109 e. The number of nitriles is 1. The highest BCUT2D eigenvalue weighted by molar-refractivity contribution is 5.85. The van der Waals surface area contributed by atoms with Crippen LogP contribution >= 0.6 is 12.4 Å². The lowest BCUT2D eigenvalue weighted by atomic mass is 9.89. The molecule has 0 saturated carbocycles. The number of imidazole rings is 1. The molecule has 1 aromatic heterocycles. The SMILES string of the molecule is Cl.N#Cc1ccc(C2CCn3ccnc3C2)cc1. The lowest BCUT2D eigenvalue weighted by Gasteiger charge is -2.23. The van der Waals surface area contributed by atoms with E-state index in [-0.39, 0.29) is 12.4 Å². The van der Waals surface area contributed by atoms with E-state index in [9.17, 15) is 0 Å². The lowest BCUT2D eigenvalue weighted by Crippen LogP contribution is -2.17. The van der Waals surface area contributed by atoms with E-state index >= 15 is 0 Å². The van der Waals surface area contributed by atoms with Gasteiger partial charge >= 0.3 is 0 Å². The summed E-state index contributed by atoms with van der Waals surface area (Å²) >= 11 is 0. The van der Waals surface area contributed by atoms with Crippen LogP contribution in [0, 0.1) is 11.3 Å². The van der Waals surface area contributed by atoms with Crippen molar-refractivity contribution in [2.75, 3.05) is 0 Å². The number of aryl methyl sites for hydroxylation is 1. The van der Waals surface area contributed by atoms with Gasteiger partial charge in [-0.2, -0.15) is 5.26 Å². The largest absolute Gasteiger partial charge is 0.335 e. The zero-order valence-electron chi connectivity index (χ0n) is 9.91. The predicted octanol–water partition coefficient (Wildman–Crippen LogP) is 2.91. The van der Waals surface area contributed by atoms with E-state index in [1.807, 2.05) is 24.5 Å². The molecule has 3 rings (SSSR count). The number of hydrogen-bond acceptors (Lipinski definition) is 2. The van der Waals surface area contributed by atoms with Gasteiger partial charge in [-0.3, -0.25) is 0 Å². The summed E-state index contributed by atoms with van der Waals surface area (Å²) in [6, 6.07) is 10.1. The molecule has 0 spiro atoms. The fraction of sp³-hybridized carbons (Fsp3) is 0.286. The molecule has 0 bridgehead atoms. The molecule has 1 unspecified atom stereocenters. The molecular formula is C14H14ClN3. The van der Waals surface area contributed by atoms with Crippen molar-refractivity contribution in [3.05, 3.63) is 53.6 Å². The summed E-state index contributed by atoms with van der Waals surface area (Å²) in [6.45, 7) is 1.04. The van der Waals surface area contributed by atoms with Crippen LogP contribution in [0.3, 0.4) is 0 Å². The maximum absolute atomic E-state index is 8.78. The van der Waals surface area contributed by atoms with Crippen LogP contribution in [0.5, 0.6) is 0 Å². The molecule has 3 nitrogen and oxygen atoms in total. The van der Waals surface area contributed by atoms with Gasteiger partial charge in [0.25, 0.3) is 0 Å². The molecule has 2 heterocycles. The molecule has 0 saturated heterocycles. The van der Waals surface area contributed by atoms with Crippen molar-refractivity contribution in [2.24, 2.45) is 0 Å². The lowest BCUT2D eigenvalue weighted by molar-refractivity contribution is 0.466. The van der Waals surface area contributed by atoms with Gasteiger partial charge in [-0.25, -0.2) is 4.98 Å². The summed E-state index contributed by atoms with van der Waals surface area (Å²) < 4.78 is 2.22. The van der Waals surface area contributed by atoms with Crippen LogP contribution in [0.25, 0.3) is 0 Å². The van der Waals surface area contributed by atoms with Crippen LogP contribution in [-0.2, 0) is 13.0 Å². The fourth-order valence-electron chi connectivity index (χ4n) is 2.47. The minimum atomic E-state index is 0. The first-order valence-corrected chi connectivity index (χ1v) is 5.87. The van der Waals surface area contributed by atoms with Crippen molar-refractivity contribution in [2.45, 2.75) is 25.3 Å². The van der Waals surface area contributed by atoms with Crippen LogP contribution < -0.4 is 0 Å². The summed E-state index contributed by atoms with van der Waals surface area (Å²) in [5.74, 6) is 1.71. The van der Waals surface area contributed by atoms with E-state index in [4.69, 9.17) is 5.26 Å². The van der Waals surface area contributed by atoms with E-state index in [1.54, 1.807) is 0 Å². The molecule has 0 amide bonds. The van der Waals surface area contributed by atoms with E-state index in [0.717, 1.165) is 24.9 Å². The number of hydrogen-bond donors (Lipinski definition) is 0. The van der Waals surface area contributed by atoms with Gasteiger partial charge in [0.05, 0.1) is 11.6 Å². The van der Waals surface area contributed by atoms with Crippen LogP contribution in [0.2, 0.25) is 0 Å². The third-order valence-electron chi connectivity index (χ3n) is 3.46. The van der Waals surface area contributed by atoms with Crippen molar-refractivity contribution < 1.29 is 0 Å².